The number of piperidine rings is 1. The number of hydrogen-bond acceptors (Lipinski definition) is 2. The zero-order valence-electron chi connectivity index (χ0n) is 7.06. The highest BCUT2D eigenvalue weighted by Crippen LogP contribution is 2.27. The smallest absolute Gasteiger partial charge is 0.0299 e. The summed E-state index contributed by atoms with van der Waals surface area (Å²) in [5.41, 5.74) is 8.44. The standard InChI is InChI=1S/C9H16N2/c1-6-8(10)5-7-3-2-4-9(6)11-7/h7,9,11H,2-5,10H2,1H3. The van der Waals surface area contributed by atoms with Gasteiger partial charge in [-0.25, -0.2) is 0 Å². The van der Waals surface area contributed by atoms with Crippen LogP contribution in [0.25, 0.3) is 0 Å². The van der Waals surface area contributed by atoms with Crippen LogP contribution in [0.1, 0.15) is 32.6 Å². The molecule has 2 atom stereocenters. The first-order valence-corrected chi connectivity index (χ1v) is 4.48. The molecule has 11 heavy (non-hydrogen) atoms. The summed E-state index contributed by atoms with van der Waals surface area (Å²) in [6.07, 6.45) is 5.03. The molecule has 2 unspecified atom stereocenters. The predicted molar refractivity (Wildman–Crippen MR) is 46.1 cm³/mol. The molecule has 2 heteroatoms. The van der Waals surface area contributed by atoms with Crippen molar-refractivity contribution >= 4 is 0 Å². The van der Waals surface area contributed by atoms with E-state index < -0.39 is 0 Å². The van der Waals surface area contributed by atoms with Crippen LogP contribution in [-0.4, -0.2) is 12.1 Å². The van der Waals surface area contributed by atoms with Crippen LogP contribution in [0.2, 0.25) is 0 Å². The largest absolute Gasteiger partial charge is 0.402 e. The molecule has 2 aliphatic rings. The second kappa shape index (κ2) is 2.52. The van der Waals surface area contributed by atoms with Gasteiger partial charge in [0.25, 0.3) is 0 Å². The van der Waals surface area contributed by atoms with Gasteiger partial charge >= 0.3 is 0 Å². The van der Waals surface area contributed by atoms with E-state index in [1.807, 2.05) is 0 Å². The number of fused-ring (bicyclic) bond motifs is 2. The lowest BCUT2D eigenvalue weighted by molar-refractivity contribution is 0.321. The van der Waals surface area contributed by atoms with Gasteiger partial charge in [0.2, 0.25) is 0 Å². The molecule has 2 heterocycles. The number of nitrogens with one attached hydrogen (secondary N) is 1. The van der Waals surface area contributed by atoms with E-state index in [0.717, 1.165) is 12.1 Å². The molecule has 2 nitrogen and oxygen atoms in total. The van der Waals surface area contributed by atoms with Crippen LogP contribution in [0, 0.1) is 0 Å². The van der Waals surface area contributed by atoms with Crippen LogP contribution in [0.5, 0.6) is 0 Å². The monoisotopic (exact) mass is 152 g/mol. The molecule has 0 aromatic rings. The Kier molecular flexibility index (Phi) is 1.64. The molecule has 2 rings (SSSR count). The first-order chi connectivity index (χ1) is 5.27. The molecule has 2 aliphatic heterocycles. The van der Waals surface area contributed by atoms with E-state index in [0.29, 0.717) is 12.1 Å². The third-order valence-corrected chi connectivity index (χ3v) is 2.98. The Labute approximate surface area is 67.8 Å². The zero-order valence-corrected chi connectivity index (χ0v) is 7.06. The minimum Gasteiger partial charge on any atom is -0.402 e. The second-order valence-corrected chi connectivity index (χ2v) is 3.76. The molecule has 0 amide bonds. The van der Waals surface area contributed by atoms with Gasteiger partial charge in [-0.05, 0) is 25.3 Å². The Bertz CT molecular complexity index is 196. The molecule has 0 aliphatic carbocycles. The van der Waals surface area contributed by atoms with Gasteiger partial charge in [-0.3, -0.25) is 0 Å². The van der Waals surface area contributed by atoms with Gasteiger partial charge in [-0.1, -0.05) is 6.42 Å². The van der Waals surface area contributed by atoms with E-state index in [-0.39, 0.29) is 0 Å². The van der Waals surface area contributed by atoms with Crippen LogP contribution in [0.3, 0.4) is 0 Å². The average molecular weight is 152 g/mol. The number of rotatable bonds is 0. The SMILES string of the molecule is CC1=C(N)CC2CCCC1N2. The Morgan fingerprint density at radius 1 is 1.45 bits per heavy atom. The lowest BCUT2D eigenvalue weighted by Crippen LogP contribution is -2.47. The lowest BCUT2D eigenvalue weighted by Gasteiger charge is -2.37. The average Bonchev–Trinajstić information content (AvgIpc) is 2.01. The van der Waals surface area contributed by atoms with E-state index in [9.17, 15) is 0 Å². The summed E-state index contributed by atoms with van der Waals surface area (Å²) in [6, 6.07) is 1.28. The topological polar surface area (TPSA) is 38.0 Å². The van der Waals surface area contributed by atoms with Crippen molar-refractivity contribution in [3.05, 3.63) is 11.3 Å². The molecule has 3 N–H and O–H groups in total. The molecule has 0 saturated carbocycles. The molecule has 2 bridgehead atoms. The molecule has 1 fully saturated rings. The van der Waals surface area contributed by atoms with Crippen molar-refractivity contribution in [3.8, 4) is 0 Å². The van der Waals surface area contributed by atoms with Gasteiger partial charge in [0.05, 0.1) is 0 Å². The van der Waals surface area contributed by atoms with Gasteiger partial charge in [-0.15, -0.1) is 0 Å². The molecule has 0 radical (unpaired) electrons. The van der Waals surface area contributed by atoms with Crippen molar-refractivity contribution < 1.29 is 0 Å². The van der Waals surface area contributed by atoms with E-state index in [1.54, 1.807) is 0 Å². The highest BCUT2D eigenvalue weighted by molar-refractivity contribution is 5.21. The van der Waals surface area contributed by atoms with Gasteiger partial charge < -0.3 is 11.1 Å². The van der Waals surface area contributed by atoms with Crippen molar-refractivity contribution in [1.82, 2.24) is 5.32 Å². The molecule has 0 aromatic carbocycles. The maximum Gasteiger partial charge on any atom is 0.0299 e. The summed E-state index contributed by atoms with van der Waals surface area (Å²) >= 11 is 0. The Morgan fingerprint density at radius 2 is 2.27 bits per heavy atom. The quantitative estimate of drug-likeness (QED) is 0.546. The normalized spacial score (nSPS) is 37.5. The van der Waals surface area contributed by atoms with Crippen molar-refractivity contribution in [1.29, 1.82) is 0 Å². The fourth-order valence-corrected chi connectivity index (χ4v) is 2.17. The van der Waals surface area contributed by atoms with Crippen LogP contribution in [-0.2, 0) is 0 Å². The third-order valence-electron chi connectivity index (χ3n) is 2.98. The second-order valence-electron chi connectivity index (χ2n) is 3.76. The minimum atomic E-state index is 0.600. The molecule has 1 saturated heterocycles. The highest BCUT2D eigenvalue weighted by Gasteiger charge is 2.27. The predicted octanol–water partition coefficient (Wildman–Crippen LogP) is 1.13. The summed E-state index contributed by atoms with van der Waals surface area (Å²) in [6.45, 7) is 2.16. The van der Waals surface area contributed by atoms with Gasteiger partial charge in [0.1, 0.15) is 0 Å². The Hall–Kier alpha value is -0.500. The molecular formula is C9H16N2. The van der Waals surface area contributed by atoms with Crippen LogP contribution in [0.15, 0.2) is 11.3 Å². The first-order valence-electron chi connectivity index (χ1n) is 4.48. The fraction of sp³-hybridized carbons (Fsp3) is 0.778. The van der Waals surface area contributed by atoms with Gasteiger partial charge in [-0.2, -0.15) is 0 Å². The summed E-state index contributed by atoms with van der Waals surface area (Å²) in [4.78, 5) is 0. The van der Waals surface area contributed by atoms with Crippen LogP contribution < -0.4 is 11.1 Å². The van der Waals surface area contributed by atoms with Crippen LogP contribution >= 0.6 is 0 Å². The summed E-state index contributed by atoms with van der Waals surface area (Å²) in [5, 5.41) is 3.60. The molecule has 0 spiro atoms. The van der Waals surface area contributed by atoms with E-state index >= 15 is 0 Å². The zero-order chi connectivity index (χ0) is 7.84. The summed E-state index contributed by atoms with van der Waals surface area (Å²) in [5.74, 6) is 0. The van der Waals surface area contributed by atoms with Crippen molar-refractivity contribution in [2.24, 2.45) is 5.73 Å². The summed E-state index contributed by atoms with van der Waals surface area (Å²) < 4.78 is 0. The van der Waals surface area contributed by atoms with Crippen LogP contribution in [0.4, 0.5) is 0 Å². The number of nitrogens with two attached hydrogens (primary N) is 1. The summed E-state index contributed by atoms with van der Waals surface area (Å²) in [7, 11) is 0. The van der Waals surface area contributed by atoms with Crippen molar-refractivity contribution in [3.63, 3.8) is 0 Å². The molecule has 62 valence electrons. The van der Waals surface area contributed by atoms with Gasteiger partial charge in [0.15, 0.2) is 0 Å². The number of hydrogen-bond donors (Lipinski definition) is 2. The fourth-order valence-electron chi connectivity index (χ4n) is 2.17. The van der Waals surface area contributed by atoms with E-state index in [2.05, 4.69) is 12.2 Å². The lowest BCUT2D eigenvalue weighted by atomic mass is 9.85. The molecule has 0 aromatic heterocycles. The minimum absolute atomic E-state index is 0.600. The Balaban J connectivity index is 2.23. The molecular weight excluding hydrogens is 136 g/mol. The van der Waals surface area contributed by atoms with Gasteiger partial charge in [0, 0.05) is 24.2 Å². The highest BCUT2D eigenvalue weighted by atomic mass is 15.0. The van der Waals surface area contributed by atoms with E-state index in [4.69, 9.17) is 5.73 Å². The van der Waals surface area contributed by atoms with Crippen molar-refractivity contribution in [2.75, 3.05) is 0 Å². The first kappa shape index (κ1) is 7.17. The third kappa shape index (κ3) is 1.16. The van der Waals surface area contributed by atoms with E-state index in [1.165, 1.54) is 24.8 Å². The Morgan fingerprint density at radius 3 is 3.09 bits per heavy atom. The maximum atomic E-state index is 5.91. The van der Waals surface area contributed by atoms with Crippen molar-refractivity contribution in [2.45, 2.75) is 44.7 Å². The maximum absolute atomic E-state index is 5.91.